The third-order valence-corrected chi connectivity index (χ3v) is 3.44. The van der Waals surface area contributed by atoms with Crippen LogP contribution in [0.15, 0.2) is 0 Å². The molecule has 0 aromatic carbocycles. The van der Waals surface area contributed by atoms with Crippen LogP contribution >= 0.6 is 0 Å². The van der Waals surface area contributed by atoms with Crippen LogP contribution in [0.1, 0.15) is 38.5 Å². The normalized spacial score (nSPS) is 42.8. The molecule has 3 unspecified atom stereocenters. The number of rotatable bonds is 2. The molecule has 0 aromatic heterocycles. The molecule has 4 heteroatoms. The number of nitrogens with one attached hydrogen (secondary N) is 2. The molecule has 2 nitrogen and oxygen atoms in total. The van der Waals surface area contributed by atoms with Crippen molar-refractivity contribution in [2.45, 2.75) is 63.1 Å². The molecule has 1 saturated carbocycles. The van der Waals surface area contributed by atoms with Crippen LogP contribution in [0, 0.1) is 0 Å². The van der Waals surface area contributed by atoms with Crippen LogP contribution in [-0.4, -0.2) is 31.1 Å². The molecule has 0 bridgehead atoms. The van der Waals surface area contributed by atoms with Crippen molar-refractivity contribution in [2.75, 3.05) is 6.54 Å². The number of piperidine rings is 1. The monoisotopic (exact) mass is 218 g/mol. The number of hydrogen-bond donors (Lipinski definition) is 2. The maximum atomic E-state index is 13.5. The Morgan fingerprint density at radius 1 is 0.933 bits per heavy atom. The smallest absolute Gasteiger partial charge is 0.118 e. The van der Waals surface area contributed by atoms with Crippen molar-refractivity contribution in [2.24, 2.45) is 0 Å². The first-order valence-corrected chi connectivity index (χ1v) is 6.05. The SMILES string of the molecule is FC1CCCC(F)C1NC1CCCCN1. The Balaban J connectivity index is 1.84. The van der Waals surface area contributed by atoms with Gasteiger partial charge in [-0.1, -0.05) is 0 Å². The van der Waals surface area contributed by atoms with Crippen molar-refractivity contribution in [1.29, 1.82) is 0 Å². The summed E-state index contributed by atoms with van der Waals surface area (Å²) >= 11 is 0. The Labute approximate surface area is 89.8 Å². The number of hydrogen-bond acceptors (Lipinski definition) is 2. The Bertz CT molecular complexity index is 185. The molecule has 15 heavy (non-hydrogen) atoms. The van der Waals surface area contributed by atoms with E-state index in [1.807, 2.05) is 0 Å². The highest BCUT2D eigenvalue weighted by molar-refractivity contribution is 4.90. The van der Waals surface area contributed by atoms with E-state index in [1.165, 1.54) is 6.42 Å². The predicted molar refractivity (Wildman–Crippen MR) is 56.2 cm³/mol. The van der Waals surface area contributed by atoms with Gasteiger partial charge in [0, 0.05) is 0 Å². The third kappa shape index (κ3) is 2.88. The zero-order chi connectivity index (χ0) is 10.7. The van der Waals surface area contributed by atoms with E-state index in [0.29, 0.717) is 19.3 Å². The molecule has 0 aromatic rings. The van der Waals surface area contributed by atoms with E-state index in [1.54, 1.807) is 0 Å². The van der Waals surface area contributed by atoms with E-state index in [-0.39, 0.29) is 6.17 Å². The van der Waals surface area contributed by atoms with Gasteiger partial charge in [-0.25, -0.2) is 8.78 Å². The van der Waals surface area contributed by atoms with E-state index in [4.69, 9.17) is 0 Å². The van der Waals surface area contributed by atoms with Gasteiger partial charge in [-0.15, -0.1) is 0 Å². The second-order valence-corrected chi connectivity index (χ2v) is 4.66. The van der Waals surface area contributed by atoms with E-state index in [2.05, 4.69) is 10.6 Å². The molecule has 0 amide bonds. The van der Waals surface area contributed by atoms with Crippen molar-refractivity contribution in [3.8, 4) is 0 Å². The quantitative estimate of drug-likeness (QED) is 0.739. The van der Waals surface area contributed by atoms with Gasteiger partial charge in [0.1, 0.15) is 12.3 Å². The third-order valence-electron chi connectivity index (χ3n) is 3.44. The minimum atomic E-state index is -1.02. The molecule has 0 radical (unpaired) electrons. The molecule has 2 aliphatic rings. The average molecular weight is 218 g/mol. The van der Waals surface area contributed by atoms with Crippen molar-refractivity contribution in [3.05, 3.63) is 0 Å². The lowest BCUT2D eigenvalue weighted by Crippen LogP contribution is -2.56. The van der Waals surface area contributed by atoms with Crippen molar-refractivity contribution in [1.82, 2.24) is 10.6 Å². The molecule has 1 saturated heterocycles. The number of halogens is 2. The Morgan fingerprint density at radius 2 is 1.67 bits per heavy atom. The van der Waals surface area contributed by atoms with E-state index in [0.717, 1.165) is 19.4 Å². The first-order valence-electron chi connectivity index (χ1n) is 6.05. The Kier molecular flexibility index (Phi) is 3.92. The van der Waals surface area contributed by atoms with Crippen LogP contribution in [0.5, 0.6) is 0 Å². The fourth-order valence-corrected chi connectivity index (χ4v) is 2.53. The molecular formula is C11H20F2N2. The van der Waals surface area contributed by atoms with E-state index >= 15 is 0 Å². The molecule has 0 spiro atoms. The lowest BCUT2D eigenvalue weighted by molar-refractivity contribution is 0.0871. The van der Waals surface area contributed by atoms with Gasteiger partial charge in [0.25, 0.3) is 0 Å². The molecular weight excluding hydrogens is 198 g/mol. The first kappa shape index (κ1) is 11.3. The number of alkyl halides is 2. The summed E-state index contributed by atoms with van der Waals surface area (Å²) in [5, 5.41) is 6.36. The molecule has 1 aliphatic carbocycles. The molecule has 2 rings (SSSR count). The van der Waals surface area contributed by atoms with Crippen molar-refractivity contribution >= 4 is 0 Å². The van der Waals surface area contributed by atoms with Gasteiger partial charge in [0.2, 0.25) is 0 Å². The van der Waals surface area contributed by atoms with Crippen LogP contribution in [0.2, 0.25) is 0 Å². The maximum Gasteiger partial charge on any atom is 0.118 e. The van der Waals surface area contributed by atoms with Crippen molar-refractivity contribution < 1.29 is 8.78 Å². The summed E-state index contributed by atoms with van der Waals surface area (Å²) in [6.07, 6.45) is 3.06. The topological polar surface area (TPSA) is 24.1 Å². The standard InChI is InChI=1S/C11H20F2N2/c12-8-4-3-5-9(13)11(8)15-10-6-1-2-7-14-10/h8-11,14-15H,1-7H2. The van der Waals surface area contributed by atoms with Gasteiger partial charge in [-0.2, -0.15) is 0 Å². The van der Waals surface area contributed by atoms with Gasteiger partial charge in [0.05, 0.1) is 12.2 Å². The predicted octanol–water partition coefficient (Wildman–Crippen LogP) is 1.90. The maximum absolute atomic E-state index is 13.5. The zero-order valence-corrected chi connectivity index (χ0v) is 9.02. The summed E-state index contributed by atoms with van der Waals surface area (Å²) in [4.78, 5) is 0. The largest absolute Gasteiger partial charge is 0.302 e. The summed E-state index contributed by atoms with van der Waals surface area (Å²) in [5.74, 6) is 0. The van der Waals surface area contributed by atoms with Crippen LogP contribution in [0.4, 0.5) is 8.78 Å². The summed E-state index contributed by atoms with van der Waals surface area (Å²) < 4.78 is 27.0. The fraction of sp³-hybridized carbons (Fsp3) is 1.00. The molecule has 1 aliphatic heterocycles. The highest BCUT2D eigenvalue weighted by Gasteiger charge is 2.34. The molecule has 1 heterocycles. The average Bonchev–Trinajstić information content (AvgIpc) is 2.25. The van der Waals surface area contributed by atoms with Crippen molar-refractivity contribution in [3.63, 3.8) is 0 Å². The molecule has 88 valence electrons. The van der Waals surface area contributed by atoms with Gasteiger partial charge in [-0.3, -0.25) is 5.32 Å². The van der Waals surface area contributed by atoms with Gasteiger partial charge in [0.15, 0.2) is 0 Å². The lowest BCUT2D eigenvalue weighted by atomic mass is 9.91. The molecule has 2 fully saturated rings. The zero-order valence-electron chi connectivity index (χ0n) is 9.02. The van der Waals surface area contributed by atoms with E-state index < -0.39 is 18.4 Å². The van der Waals surface area contributed by atoms with Crippen LogP contribution < -0.4 is 10.6 Å². The second kappa shape index (κ2) is 5.21. The summed E-state index contributed by atoms with van der Waals surface area (Å²) in [6, 6.07) is -0.589. The fourth-order valence-electron chi connectivity index (χ4n) is 2.53. The van der Waals surface area contributed by atoms with Crippen LogP contribution in [0.25, 0.3) is 0 Å². The van der Waals surface area contributed by atoms with Gasteiger partial charge >= 0.3 is 0 Å². The summed E-state index contributed by atoms with van der Waals surface area (Å²) in [5.41, 5.74) is 0. The molecule has 3 atom stereocenters. The Hall–Kier alpha value is -0.220. The van der Waals surface area contributed by atoms with Gasteiger partial charge < -0.3 is 5.32 Å². The Morgan fingerprint density at radius 3 is 2.27 bits per heavy atom. The lowest BCUT2D eigenvalue weighted by Gasteiger charge is -2.35. The highest BCUT2D eigenvalue weighted by Crippen LogP contribution is 2.25. The summed E-state index contributed by atoms with van der Waals surface area (Å²) in [6.45, 7) is 0.957. The van der Waals surface area contributed by atoms with Crippen LogP contribution in [-0.2, 0) is 0 Å². The first-order chi connectivity index (χ1) is 7.27. The minimum Gasteiger partial charge on any atom is -0.302 e. The summed E-state index contributed by atoms with van der Waals surface area (Å²) in [7, 11) is 0. The van der Waals surface area contributed by atoms with Crippen LogP contribution in [0.3, 0.4) is 0 Å². The van der Waals surface area contributed by atoms with Gasteiger partial charge in [-0.05, 0) is 45.1 Å². The van der Waals surface area contributed by atoms with E-state index in [9.17, 15) is 8.78 Å². The second-order valence-electron chi connectivity index (χ2n) is 4.66. The minimum absolute atomic E-state index is 0.110. The highest BCUT2D eigenvalue weighted by atomic mass is 19.1. The molecule has 2 N–H and O–H groups in total.